The summed E-state index contributed by atoms with van der Waals surface area (Å²) >= 11 is 0. The molecule has 2 N–H and O–H groups in total. The van der Waals surface area contributed by atoms with Crippen molar-refractivity contribution >= 4 is 0 Å². The van der Waals surface area contributed by atoms with Crippen LogP contribution in [-0.2, 0) is 24.7 Å². The van der Waals surface area contributed by atoms with Gasteiger partial charge in [0.1, 0.15) is 11.5 Å². The monoisotopic (exact) mass is 470 g/mol. The number of allylic oxidation sites excluding steroid dienone is 3. The number of hydrogen-bond donors (Lipinski definition) is 2. The number of aromatic hydroxyl groups is 2. The van der Waals surface area contributed by atoms with Crippen molar-refractivity contribution in [1.82, 2.24) is 0 Å². The van der Waals surface area contributed by atoms with Crippen LogP contribution in [-0.4, -0.2) is 10.2 Å². The highest BCUT2D eigenvalue weighted by atomic mass is 16.3. The summed E-state index contributed by atoms with van der Waals surface area (Å²) in [6.07, 6.45) is 7.14. The SMILES string of the molecule is C=CCc1cc(C2(c3cc(CC=C)c(O)c(CC=C)c3)c3ccccc3-c3ccccc32)ccc1O. The van der Waals surface area contributed by atoms with Crippen molar-refractivity contribution < 1.29 is 10.2 Å². The van der Waals surface area contributed by atoms with Crippen LogP contribution in [0.2, 0.25) is 0 Å². The summed E-state index contributed by atoms with van der Waals surface area (Å²) < 4.78 is 0. The molecule has 4 aromatic rings. The second kappa shape index (κ2) is 9.39. The van der Waals surface area contributed by atoms with Gasteiger partial charge in [0.2, 0.25) is 0 Å². The molecule has 1 aliphatic carbocycles. The van der Waals surface area contributed by atoms with Crippen LogP contribution in [0.15, 0.2) is 117 Å². The first kappa shape index (κ1) is 23.4. The van der Waals surface area contributed by atoms with Crippen molar-refractivity contribution in [3.63, 3.8) is 0 Å². The molecule has 0 saturated heterocycles. The Hall–Kier alpha value is -4.30. The van der Waals surface area contributed by atoms with Gasteiger partial charge in [0, 0.05) is 0 Å². The molecule has 178 valence electrons. The summed E-state index contributed by atoms with van der Waals surface area (Å²) in [6, 6.07) is 27.2. The molecule has 0 fully saturated rings. The third-order valence-corrected chi connectivity index (χ3v) is 7.26. The van der Waals surface area contributed by atoms with Crippen molar-refractivity contribution in [3.05, 3.63) is 156 Å². The fourth-order valence-electron chi connectivity index (χ4n) is 5.76. The fourth-order valence-corrected chi connectivity index (χ4v) is 5.76. The molecule has 2 heteroatoms. The van der Waals surface area contributed by atoms with Crippen molar-refractivity contribution in [3.8, 4) is 22.6 Å². The molecule has 1 aliphatic rings. The van der Waals surface area contributed by atoms with E-state index in [1.54, 1.807) is 6.07 Å². The molecule has 0 bridgehead atoms. The maximum Gasteiger partial charge on any atom is 0.122 e. The molecule has 5 rings (SSSR count). The number of hydrogen-bond acceptors (Lipinski definition) is 2. The van der Waals surface area contributed by atoms with Crippen LogP contribution in [0.3, 0.4) is 0 Å². The lowest BCUT2D eigenvalue weighted by Gasteiger charge is -2.35. The summed E-state index contributed by atoms with van der Waals surface area (Å²) in [6.45, 7) is 11.7. The molecular formula is C34H30O2. The van der Waals surface area contributed by atoms with Crippen LogP contribution < -0.4 is 0 Å². The minimum absolute atomic E-state index is 0.263. The molecule has 2 nitrogen and oxygen atoms in total. The number of fused-ring (bicyclic) bond motifs is 3. The minimum Gasteiger partial charge on any atom is -0.508 e. The van der Waals surface area contributed by atoms with Crippen molar-refractivity contribution in [2.45, 2.75) is 24.7 Å². The Bertz CT molecular complexity index is 1410. The minimum atomic E-state index is -0.629. The molecule has 0 saturated carbocycles. The van der Waals surface area contributed by atoms with Gasteiger partial charge in [0.25, 0.3) is 0 Å². The van der Waals surface area contributed by atoms with E-state index in [0.717, 1.165) is 27.8 Å². The first-order chi connectivity index (χ1) is 17.6. The first-order valence-corrected chi connectivity index (χ1v) is 12.3. The van der Waals surface area contributed by atoms with E-state index >= 15 is 0 Å². The maximum absolute atomic E-state index is 11.1. The predicted molar refractivity (Wildman–Crippen MR) is 149 cm³/mol. The average Bonchev–Trinajstić information content (AvgIpc) is 3.19. The number of rotatable bonds is 8. The molecule has 0 unspecified atom stereocenters. The van der Waals surface area contributed by atoms with E-state index in [4.69, 9.17) is 0 Å². The summed E-state index contributed by atoms with van der Waals surface area (Å²) in [5.41, 5.74) is 8.76. The van der Waals surface area contributed by atoms with Crippen molar-refractivity contribution in [2.75, 3.05) is 0 Å². The lowest BCUT2D eigenvalue weighted by molar-refractivity contribution is 0.463. The van der Waals surface area contributed by atoms with Crippen LogP contribution in [0, 0.1) is 0 Å². The fraction of sp³-hybridized carbons (Fsp3) is 0.118. The smallest absolute Gasteiger partial charge is 0.122 e. The maximum atomic E-state index is 11.1. The van der Waals surface area contributed by atoms with Gasteiger partial charge in [-0.3, -0.25) is 0 Å². The van der Waals surface area contributed by atoms with E-state index in [0.29, 0.717) is 25.0 Å². The summed E-state index contributed by atoms with van der Waals surface area (Å²) in [5.74, 6) is 0.560. The summed E-state index contributed by atoms with van der Waals surface area (Å²) in [7, 11) is 0. The van der Waals surface area contributed by atoms with Crippen molar-refractivity contribution in [1.29, 1.82) is 0 Å². The van der Waals surface area contributed by atoms with Gasteiger partial charge in [0.15, 0.2) is 0 Å². The molecule has 0 spiro atoms. The zero-order valence-corrected chi connectivity index (χ0v) is 20.4. The average molecular weight is 471 g/mol. The molecule has 0 heterocycles. The van der Waals surface area contributed by atoms with Gasteiger partial charge >= 0.3 is 0 Å². The molecule has 0 aromatic heterocycles. The zero-order chi connectivity index (χ0) is 25.3. The van der Waals surface area contributed by atoms with Gasteiger partial charge < -0.3 is 10.2 Å². The number of benzene rings is 4. The van der Waals surface area contributed by atoms with Crippen molar-refractivity contribution in [2.24, 2.45) is 0 Å². The Balaban J connectivity index is 1.95. The molecular weight excluding hydrogens is 440 g/mol. The molecule has 0 aliphatic heterocycles. The van der Waals surface area contributed by atoms with Gasteiger partial charge in [-0.2, -0.15) is 0 Å². The van der Waals surface area contributed by atoms with Crippen LogP contribution in [0.4, 0.5) is 0 Å². The highest BCUT2D eigenvalue weighted by molar-refractivity contribution is 5.86. The Kier molecular flexibility index (Phi) is 6.12. The quantitative estimate of drug-likeness (QED) is 0.229. The van der Waals surface area contributed by atoms with E-state index in [2.05, 4.69) is 86.5 Å². The van der Waals surface area contributed by atoms with E-state index < -0.39 is 5.41 Å². The molecule has 0 radical (unpaired) electrons. The topological polar surface area (TPSA) is 40.5 Å². The third-order valence-electron chi connectivity index (χ3n) is 7.26. The van der Waals surface area contributed by atoms with Crippen LogP contribution in [0.25, 0.3) is 11.1 Å². The van der Waals surface area contributed by atoms with E-state index in [1.807, 2.05) is 24.3 Å². The van der Waals surface area contributed by atoms with Gasteiger partial charge in [-0.25, -0.2) is 0 Å². The lowest BCUT2D eigenvalue weighted by atomic mass is 9.66. The van der Waals surface area contributed by atoms with E-state index in [9.17, 15) is 10.2 Å². The second-order valence-electron chi connectivity index (χ2n) is 9.31. The largest absolute Gasteiger partial charge is 0.508 e. The van der Waals surface area contributed by atoms with E-state index in [1.165, 1.54) is 22.3 Å². The van der Waals surface area contributed by atoms with Gasteiger partial charge in [-0.15, -0.1) is 19.7 Å². The Morgan fingerprint density at radius 2 is 1.06 bits per heavy atom. The molecule has 4 aromatic carbocycles. The third kappa shape index (κ3) is 3.49. The zero-order valence-electron chi connectivity index (χ0n) is 20.4. The molecule has 0 atom stereocenters. The van der Waals surface area contributed by atoms with E-state index in [-0.39, 0.29) is 5.75 Å². The molecule has 36 heavy (non-hydrogen) atoms. The number of phenolic OH excluding ortho intramolecular Hbond substituents is 2. The molecule has 0 amide bonds. The van der Waals surface area contributed by atoms with Crippen LogP contribution >= 0.6 is 0 Å². The highest BCUT2D eigenvalue weighted by Crippen LogP contribution is 2.57. The highest BCUT2D eigenvalue weighted by Gasteiger charge is 2.46. The predicted octanol–water partition coefficient (Wildman–Crippen LogP) is 7.65. The van der Waals surface area contributed by atoms with Gasteiger partial charge in [-0.05, 0) is 75.4 Å². The van der Waals surface area contributed by atoms with Gasteiger partial charge in [-0.1, -0.05) is 91.0 Å². The normalized spacial score (nSPS) is 13.0. The van der Waals surface area contributed by atoms with Crippen LogP contribution in [0.1, 0.15) is 38.9 Å². The Morgan fingerprint density at radius 3 is 1.58 bits per heavy atom. The Labute approximate surface area is 213 Å². The lowest BCUT2D eigenvalue weighted by Crippen LogP contribution is -2.29. The summed E-state index contributed by atoms with van der Waals surface area (Å²) in [5, 5.41) is 21.7. The Morgan fingerprint density at radius 1 is 0.583 bits per heavy atom. The first-order valence-electron chi connectivity index (χ1n) is 12.3. The second-order valence-corrected chi connectivity index (χ2v) is 9.31. The standard InChI is InChI=1S/C34H30O2/c1-4-11-23-20-26(18-19-32(23)35)34(27-21-24(12-5-2)33(36)25(22-27)13-6-3)30-16-9-7-14-28(30)29-15-8-10-17-31(29)34/h4-10,14-22,35-36H,1-3,11-13H2. The number of phenols is 2. The summed E-state index contributed by atoms with van der Waals surface area (Å²) in [4.78, 5) is 0. The van der Waals surface area contributed by atoms with Crippen LogP contribution in [0.5, 0.6) is 11.5 Å². The van der Waals surface area contributed by atoms with Gasteiger partial charge in [0.05, 0.1) is 5.41 Å².